The van der Waals surface area contributed by atoms with Crippen molar-refractivity contribution in [2.75, 3.05) is 6.61 Å². The zero-order valence-corrected chi connectivity index (χ0v) is 17.0. The van der Waals surface area contributed by atoms with E-state index in [1.165, 1.54) is 17.4 Å². The van der Waals surface area contributed by atoms with Gasteiger partial charge in [-0.25, -0.2) is 0 Å². The SMILES string of the molecule is Cc1cc(OCC(=O)NNC(=S)NC(=O)C=Cc2cccs2)ccc1Br. The van der Waals surface area contributed by atoms with Gasteiger partial charge in [-0.3, -0.25) is 25.8 Å². The lowest BCUT2D eigenvalue weighted by Crippen LogP contribution is -2.49. The van der Waals surface area contributed by atoms with Crippen LogP contribution in [0.3, 0.4) is 0 Å². The van der Waals surface area contributed by atoms with Crippen LogP contribution in [0.4, 0.5) is 0 Å². The number of hydrogen-bond acceptors (Lipinski definition) is 5. The number of halogens is 1. The maximum atomic E-state index is 11.7. The molecule has 0 aliphatic rings. The van der Waals surface area contributed by atoms with Gasteiger partial charge in [0.25, 0.3) is 5.91 Å². The Hall–Kier alpha value is -2.23. The first-order valence-corrected chi connectivity index (χ1v) is 9.52. The summed E-state index contributed by atoms with van der Waals surface area (Å²) in [5.74, 6) is -0.251. The Balaban J connectivity index is 1.68. The van der Waals surface area contributed by atoms with E-state index < -0.39 is 11.8 Å². The molecule has 1 heterocycles. The number of thiophene rings is 1. The average molecular weight is 454 g/mol. The van der Waals surface area contributed by atoms with E-state index in [1.54, 1.807) is 12.1 Å². The summed E-state index contributed by atoms with van der Waals surface area (Å²) in [6.45, 7) is 1.73. The van der Waals surface area contributed by atoms with Gasteiger partial charge >= 0.3 is 0 Å². The summed E-state index contributed by atoms with van der Waals surface area (Å²) >= 11 is 9.85. The number of rotatable bonds is 5. The Bertz CT molecular complexity index is 823. The second kappa shape index (κ2) is 10.0. The van der Waals surface area contributed by atoms with Crippen molar-refractivity contribution in [1.29, 1.82) is 0 Å². The topological polar surface area (TPSA) is 79.5 Å². The van der Waals surface area contributed by atoms with Crippen LogP contribution in [0.25, 0.3) is 6.08 Å². The number of carbonyl (C=O) groups excluding carboxylic acids is 2. The maximum Gasteiger partial charge on any atom is 0.276 e. The molecule has 2 rings (SSSR count). The second-order valence-electron chi connectivity index (χ2n) is 5.04. The molecule has 0 fully saturated rings. The van der Waals surface area contributed by atoms with Crippen molar-refractivity contribution < 1.29 is 14.3 Å². The van der Waals surface area contributed by atoms with E-state index >= 15 is 0 Å². The van der Waals surface area contributed by atoms with Crippen LogP contribution in [-0.4, -0.2) is 23.5 Å². The van der Waals surface area contributed by atoms with Crippen molar-refractivity contribution in [1.82, 2.24) is 16.2 Å². The lowest BCUT2D eigenvalue weighted by Gasteiger charge is -2.11. The third-order valence-corrected chi connectivity index (χ3v) is 4.93. The monoisotopic (exact) mass is 453 g/mol. The van der Waals surface area contributed by atoms with E-state index in [2.05, 4.69) is 32.1 Å². The first-order chi connectivity index (χ1) is 12.4. The molecule has 9 heteroatoms. The number of aryl methyl sites for hydroxylation is 1. The highest BCUT2D eigenvalue weighted by atomic mass is 79.9. The summed E-state index contributed by atoms with van der Waals surface area (Å²) < 4.78 is 6.35. The van der Waals surface area contributed by atoms with Crippen molar-refractivity contribution in [2.24, 2.45) is 0 Å². The number of nitrogens with one attached hydrogen (secondary N) is 3. The third kappa shape index (κ3) is 6.95. The molecule has 0 atom stereocenters. The van der Waals surface area contributed by atoms with E-state index in [0.717, 1.165) is 14.9 Å². The van der Waals surface area contributed by atoms with Gasteiger partial charge in [0.05, 0.1) is 0 Å². The lowest BCUT2D eigenvalue weighted by atomic mass is 10.2. The first kappa shape index (κ1) is 20.1. The van der Waals surface area contributed by atoms with Gasteiger partial charge in [0.1, 0.15) is 5.75 Å². The Labute approximate surface area is 168 Å². The Morgan fingerprint density at radius 1 is 1.31 bits per heavy atom. The summed E-state index contributed by atoms with van der Waals surface area (Å²) in [5, 5.41) is 4.32. The predicted molar refractivity (Wildman–Crippen MR) is 110 cm³/mol. The molecule has 0 saturated carbocycles. The predicted octanol–water partition coefficient (Wildman–Crippen LogP) is 2.93. The number of hydrazine groups is 1. The van der Waals surface area contributed by atoms with E-state index in [1.807, 2.05) is 36.6 Å². The fourth-order valence-corrected chi connectivity index (χ4v) is 2.76. The Kier molecular flexibility index (Phi) is 7.76. The molecular formula is C17H16BrN3O3S2. The lowest BCUT2D eigenvalue weighted by molar-refractivity contribution is -0.123. The van der Waals surface area contributed by atoms with Crippen LogP contribution in [0.1, 0.15) is 10.4 Å². The number of thiocarbonyl (C=S) groups is 1. The van der Waals surface area contributed by atoms with Crippen LogP contribution in [0.15, 0.2) is 46.3 Å². The van der Waals surface area contributed by atoms with E-state index in [9.17, 15) is 9.59 Å². The third-order valence-electron chi connectivity index (χ3n) is 2.99. The molecule has 1 aromatic heterocycles. The summed E-state index contributed by atoms with van der Waals surface area (Å²) in [4.78, 5) is 24.4. The largest absolute Gasteiger partial charge is 0.484 e. The molecule has 0 radical (unpaired) electrons. The quantitative estimate of drug-likeness (QED) is 0.368. The fourth-order valence-electron chi connectivity index (χ4n) is 1.75. The molecule has 0 saturated heterocycles. The zero-order valence-electron chi connectivity index (χ0n) is 13.7. The Morgan fingerprint density at radius 3 is 2.81 bits per heavy atom. The van der Waals surface area contributed by atoms with Gasteiger partial charge in [0.2, 0.25) is 5.91 Å². The molecule has 0 unspecified atom stereocenters. The molecule has 0 aliphatic carbocycles. The van der Waals surface area contributed by atoms with Gasteiger partial charge in [0.15, 0.2) is 11.7 Å². The number of benzene rings is 1. The summed E-state index contributed by atoms with van der Waals surface area (Å²) in [6, 6.07) is 9.19. The van der Waals surface area contributed by atoms with Crippen molar-refractivity contribution in [3.05, 3.63) is 56.7 Å². The molecule has 6 nitrogen and oxygen atoms in total. The number of carbonyl (C=O) groups is 2. The van der Waals surface area contributed by atoms with Crippen LogP contribution in [0, 0.1) is 6.92 Å². The summed E-state index contributed by atoms with van der Waals surface area (Å²) in [6.07, 6.45) is 3.04. The van der Waals surface area contributed by atoms with E-state index in [4.69, 9.17) is 17.0 Å². The number of amides is 2. The Morgan fingerprint density at radius 2 is 2.12 bits per heavy atom. The van der Waals surface area contributed by atoms with E-state index in [-0.39, 0.29) is 11.7 Å². The molecule has 1 aromatic carbocycles. The minimum Gasteiger partial charge on any atom is -0.484 e. The normalized spacial score (nSPS) is 10.4. The molecule has 3 N–H and O–H groups in total. The van der Waals surface area contributed by atoms with Crippen molar-refractivity contribution in [3.63, 3.8) is 0 Å². The molecule has 26 heavy (non-hydrogen) atoms. The highest BCUT2D eigenvalue weighted by Gasteiger charge is 2.06. The van der Waals surface area contributed by atoms with Gasteiger partial charge in [-0.1, -0.05) is 22.0 Å². The van der Waals surface area contributed by atoms with Gasteiger partial charge < -0.3 is 4.74 Å². The van der Waals surface area contributed by atoms with Crippen LogP contribution in [0.2, 0.25) is 0 Å². The van der Waals surface area contributed by atoms with Crippen LogP contribution < -0.4 is 20.9 Å². The van der Waals surface area contributed by atoms with Gasteiger partial charge in [-0.15, -0.1) is 11.3 Å². The molecule has 2 aromatic rings. The fraction of sp³-hybridized carbons (Fsp3) is 0.118. The minimum absolute atomic E-state index is 0.0151. The van der Waals surface area contributed by atoms with Crippen LogP contribution in [-0.2, 0) is 9.59 Å². The van der Waals surface area contributed by atoms with Crippen LogP contribution >= 0.6 is 39.5 Å². The molecule has 0 spiro atoms. The standard InChI is InChI=1S/C17H16BrN3O3S2/c1-11-9-12(4-6-14(11)18)24-10-16(23)20-21-17(25)19-15(22)7-5-13-3-2-8-26-13/h2-9H,10H2,1H3,(H,20,23)(H2,19,21,22,25). The summed E-state index contributed by atoms with van der Waals surface area (Å²) in [7, 11) is 0. The van der Waals surface area contributed by atoms with Gasteiger partial charge in [-0.2, -0.15) is 0 Å². The highest BCUT2D eigenvalue weighted by Crippen LogP contribution is 2.21. The van der Waals surface area contributed by atoms with Gasteiger partial charge in [-0.05, 0) is 60.4 Å². The number of hydrogen-bond donors (Lipinski definition) is 3. The number of ether oxygens (including phenoxy) is 1. The molecule has 136 valence electrons. The van der Waals surface area contributed by atoms with Gasteiger partial charge in [0, 0.05) is 15.4 Å². The van der Waals surface area contributed by atoms with Crippen LogP contribution in [0.5, 0.6) is 5.75 Å². The minimum atomic E-state index is -0.434. The molecule has 0 bridgehead atoms. The maximum absolute atomic E-state index is 11.7. The van der Waals surface area contributed by atoms with Crippen molar-refractivity contribution >= 4 is 62.5 Å². The first-order valence-electron chi connectivity index (χ1n) is 7.44. The zero-order chi connectivity index (χ0) is 18.9. The highest BCUT2D eigenvalue weighted by molar-refractivity contribution is 9.10. The smallest absolute Gasteiger partial charge is 0.276 e. The average Bonchev–Trinajstić information content (AvgIpc) is 3.13. The summed E-state index contributed by atoms with van der Waals surface area (Å²) in [5.41, 5.74) is 5.80. The second-order valence-corrected chi connectivity index (χ2v) is 7.28. The molecule has 0 aliphatic heterocycles. The van der Waals surface area contributed by atoms with Crippen molar-refractivity contribution in [2.45, 2.75) is 6.92 Å². The molecular weight excluding hydrogens is 438 g/mol. The molecule has 2 amide bonds. The van der Waals surface area contributed by atoms with Crippen molar-refractivity contribution in [3.8, 4) is 5.75 Å². The van der Waals surface area contributed by atoms with E-state index in [0.29, 0.717) is 5.75 Å².